The molecule has 1 heterocycles. The lowest BCUT2D eigenvalue weighted by atomic mass is 9.75. The van der Waals surface area contributed by atoms with Crippen LogP contribution in [0, 0.1) is 0 Å². The van der Waals surface area contributed by atoms with Gasteiger partial charge in [-0.25, -0.2) is 9.78 Å². The molecular weight excluding hydrogens is 404 g/mol. The van der Waals surface area contributed by atoms with Gasteiger partial charge in [-0.1, -0.05) is 74.4 Å². The molecule has 0 aliphatic heterocycles. The highest BCUT2D eigenvalue weighted by Gasteiger charge is 2.37. The average molecular weight is 433 g/mol. The van der Waals surface area contributed by atoms with Gasteiger partial charge >= 0.3 is 5.97 Å². The Kier molecular flexibility index (Phi) is 6.40. The van der Waals surface area contributed by atoms with Crippen LogP contribution in [-0.2, 0) is 24.9 Å². The standard InChI is InChI=1S/C26H28N2O4/c1-2-18-11-8-12-20(15-18)26(13-6-7-14-26)16-21-27-22(25(30)31)23(24(29)28-21)32-17-19-9-4-3-5-10-19/h3-5,8-12,15H,2,6-7,13-14,16-17H2,1H3,(H,30,31)(H,27,28,29). The number of carboxylic acids is 1. The molecule has 6 heteroatoms. The number of aromatic hydroxyl groups is 1. The third-order valence-corrected chi connectivity index (χ3v) is 6.33. The predicted molar refractivity (Wildman–Crippen MR) is 121 cm³/mol. The first-order chi connectivity index (χ1) is 15.5. The van der Waals surface area contributed by atoms with Gasteiger partial charge < -0.3 is 14.9 Å². The molecule has 0 unspecified atom stereocenters. The van der Waals surface area contributed by atoms with Crippen LogP contribution in [0.5, 0.6) is 11.6 Å². The zero-order valence-corrected chi connectivity index (χ0v) is 18.3. The number of aryl methyl sites for hydroxylation is 1. The van der Waals surface area contributed by atoms with Crippen molar-refractivity contribution in [1.82, 2.24) is 9.97 Å². The smallest absolute Gasteiger partial charge is 0.358 e. The Morgan fingerprint density at radius 3 is 2.44 bits per heavy atom. The molecule has 0 atom stereocenters. The van der Waals surface area contributed by atoms with Crippen molar-refractivity contribution in [2.75, 3.05) is 0 Å². The molecule has 4 rings (SSSR count). The summed E-state index contributed by atoms with van der Waals surface area (Å²) < 4.78 is 5.62. The largest absolute Gasteiger partial charge is 0.491 e. The van der Waals surface area contributed by atoms with E-state index in [2.05, 4.69) is 41.2 Å². The van der Waals surface area contributed by atoms with Crippen molar-refractivity contribution in [1.29, 1.82) is 0 Å². The van der Waals surface area contributed by atoms with Gasteiger partial charge in [0.05, 0.1) is 0 Å². The fourth-order valence-corrected chi connectivity index (χ4v) is 4.61. The van der Waals surface area contributed by atoms with E-state index in [1.165, 1.54) is 11.1 Å². The van der Waals surface area contributed by atoms with Crippen LogP contribution >= 0.6 is 0 Å². The van der Waals surface area contributed by atoms with Crippen molar-refractivity contribution in [2.24, 2.45) is 0 Å². The number of carboxylic acid groups (broad SMARTS) is 1. The first-order valence-electron chi connectivity index (χ1n) is 11.1. The highest BCUT2D eigenvalue weighted by molar-refractivity contribution is 5.89. The summed E-state index contributed by atoms with van der Waals surface area (Å²) in [6.07, 6.45) is 5.61. The van der Waals surface area contributed by atoms with E-state index in [0.29, 0.717) is 12.2 Å². The Morgan fingerprint density at radius 1 is 1.03 bits per heavy atom. The average Bonchev–Trinajstić information content (AvgIpc) is 3.28. The summed E-state index contributed by atoms with van der Waals surface area (Å²) in [6.45, 7) is 2.25. The summed E-state index contributed by atoms with van der Waals surface area (Å²) in [5.74, 6) is -1.55. The monoisotopic (exact) mass is 432 g/mol. The molecule has 3 aromatic rings. The second-order valence-electron chi connectivity index (χ2n) is 8.44. The number of nitrogens with zero attached hydrogens (tertiary/aromatic N) is 2. The molecule has 0 bridgehead atoms. The molecule has 1 aromatic heterocycles. The van der Waals surface area contributed by atoms with E-state index in [4.69, 9.17) is 4.74 Å². The fourth-order valence-electron chi connectivity index (χ4n) is 4.61. The molecule has 2 aromatic carbocycles. The lowest BCUT2D eigenvalue weighted by Gasteiger charge is -2.29. The number of aromatic nitrogens is 2. The van der Waals surface area contributed by atoms with E-state index in [0.717, 1.165) is 37.7 Å². The molecule has 0 spiro atoms. The molecule has 32 heavy (non-hydrogen) atoms. The third-order valence-electron chi connectivity index (χ3n) is 6.33. The first-order valence-corrected chi connectivity index (χ1v) is 11.1. The molecule has 2 N–H and O–H groups in total. The zero-order chi connectivity index (χ0) is 22.6. The van der Waals surface area contributed by atoms with Crippen LogP contribution in [-0.4, -0.2) is 26.2 Å². The van der Waals surface area contributed by atoms with E-state index >= 15 is 0 Å². The number of hydrogen-bond donors (Lipinski definition) is 2. The second-order valence-corrected chi connectivity index (χ2v) is 8.44. The molecular formula is C26H28N2O4. The summed E-state index contributed by atoms with van der Waals surface area (Å²) >= 11 is 0. The molecule has 0 saturated heterocycles. The molecule has 166 valence electrons. The Morgan fingerprint density at radius 2 is 1.75 bits per heavy atom. The Balaban J connectivity index is 1.65. The van der Waals surface area contributed by atoms with E-state index in [1.54, 1.807) is 0 Å². The number of aromatic carboxylic acids is 1. The highest BCUT2D eigenvalue weighted by atomic mass is 16.5. The van der Waals surface area contributed by atoms with Crippen molar-refractivity contribution in [3.8, 4) is 11.6 Å². The lowest BCUT2D eigenvalue weighted by molar-refractivity contribution is 0.0682. The van der Waals surface area contributed by atoms with E-state index < -0.39 is 11.8 Å². The number of benzene rings is 2. The van der Waals surface area contributed by atoms with Crippen LogP contribution in [0.2, 0.25) is 0 Å². The number of ether oxygens (including phenoxy) is 1. The van der Waals surface area contributed by atoms with Gasteiger partial charge in [0.1, 0.15) is 12.4 Å². The summed E-state index contributed by atoms with van der Waals surface area (Å²) in [7, 11) is 0. The molecule has 1 aliphatic carbocycles. The zero-order valence-electron chi connectivity index (χ0n) is 18.3. The van der Waals surface area contributed by atoms with E-state index in [1.807, 2.05) is 30.3 Å². The van der Waals surface area contributed by atoms with Crippen LogP contribution in [0.15, 0.2) is 54.6 Å². The van der Waals surface area contributed by atoms with Crippen LogP contribution in [0.25, 0.3) is 0 Å². The third kappa shape index (κ3) is 4.59. The van der Waals surface area contributed by atoms with E-state index in [-0.39, 0.29) is 23.5 Å². The molecule has 1 aliphatic rings. The van der Waals surface area contributed by atoms with Crippen LogP contribution < -0.4 is 4.74 Å². The Labute approximate surface area is 187 Å². The normalized spacial score (nSPS) is 14.9. The maximum atomic E-state index is 11.9. The summed E-state index contributed by atoms with van der Waals surface area (Å²) in [6, 6.07) is 17.9. The Hall–Kier alpha value is -3.41. The van der Waals surface area contributed by atoms with Gasteiger partial charge in [-0.2, -0.15) is 4.98 Å². The molecule has 6 nitrogen and oxygen atoms in total. The van der Waals surface area contributed by atoms with Crippen LogP contribution in [0.3, 0.4) is 0 Å². The minimum atomic E-state index is -1.25. The highest BCUT2D eigenvalue weighted by Crippen LogP contribution is 2.44. The minimum absolute atomic E-state index is 0.116. The summed E-state index contributed by atoms with van der Waals surface area (Å²) in [5, 5.41) is 20.3. The van der Waals surface area contributed by atoms with Crippen molar-refractivity contribution >= 4 is 5.97 Å². The maximum Gasteiger partial charge on any atom is 0.358 e. The predicted octanol–water partition coefficient (Wildman–Crippen LogP) is 5.08. The molecule has 1 fully saturated rings. The van der Waals surface area contributed by atoms with E-state index in [9.17, 15) is 15.0 Å². The maximum absolute atomic E-state index is 11.9. The summed E-state index contributed by atoms with van der Waals surface area (Å²) in [4.78, 5) is 20.5. The van der Waals surface area contributed by atoms with Crippen LogP contribution in [0.1, 0.15) is 65.6 Å². The minimum Gasteiger partial charge on any atom is -0.491 e. The van der Waals surface area contributed by atoms with Gasteiger partial charge in [0.25, 0.3) is 5.88 Å². The van der Waals surface area contributed by atoms with Gasteiger partial charge in [-0.3, -0.25) is 0 Å². The van der Waals surface area contributed by atoms with Crippen LogP contribution in [0.4, 0.5) is 0 Å². The Bertz CT molecular complexity index is 1090. The molecule has 1 saturated carbocycles. The number of rotatable bonds is 8. The van der Waals surface area contributed by atoms with Crippen molar-refractivity contribution in [3.63, 3.8) is 0 Å². The molecule has 0 radical (unpaired) electrons. The topological polar surface area (TPSA) is 92.5 Å². The molecule has 0 amide bonds. The quantitative estimate of drug-likeness (QED) is 0.516. The van der Waals surface area contributed by atoms with Crippen molar-refractivity contribution in [2.45, 2.75) is 57.5 Å². The van der Waals surface area contributed by atoms with Gasteiger partial charge in [0.15, 0.2) is 5.69 Å². The SMILES string of the molecule is CCc1cccc(C2(Cc3nc(O)c(OCc4ccccc4)c(C(=O)O)n3)CCCC2)c1. The van der Waals surface area contributed by atoms with Gasteiger partial charge in [0.2, 0.25) is 5.75 Å². The van der Waals surface area contributed by atoms with Gasteiger partial charge in [-0.15, -0.1) is 0 Å². The van der Waals surface area contributed by atoms with Gasteiger partial charge in [0, 0.05) is 11.8 Å². The fraction of sp³-hybridized carbons (Fsp3) is 0.346. The number of hydrogen-bond acceptors (Lipinski definition) is 5. The number of carbonyl (C=O) groups is 1. The lowest BCUT2D eigenvalue weighted by Crippen LogP contribution is -2.27. The van der Waals surface area contributed by atoms with Crippen molar-refractivity contribution < 1.29 is 19.7 Å². The first kappa shape index (κ1) is 21.8. The van der Waals surface area contributed by atoms with Crippen molar-refractivity contribution in [3.05, 3.63) is 82.8 Å². The second kappa shape index (κ2) is 9.39. The summed E-state index contributed by atoms with van der Waals surface area (Å²) in [5.41, 5.74) is 2.90. The van der Waals surface area contributed by atoms with Gasteiger partial charge in [-0.05, 0) is 36.0 Å².